The first-order valence-corrected chi connectivity index (χ1v) is 10.3. The molecule has 3 N–H and O–H groups in total. The molecule has 0 spiro atoms. The number of rotatable bonds is 9. The maximum absolute atomic E-state index is 6.45. The third-order valence-corrected chi connectivity index (χ3v) is 5.19. The summed E-state index contributed by atoms with van der Waals surface area (Å²) in [6.07, 6.45) is 5.22. The fourth-order valence-electron chi connectivity index (χ4n) is 3.19. The van der Waals surface area contributed by atoms with Gasteiger partial charge >= 0.3 is 0 Å². The van der Waals surface area contributed by atoms with E-state index in [1.165, 1.54) is 0 Å². The number of ether oxygens (including phenoxy) is 1. The largest absolute Gasteiger partial charge is 0.496 e. The van der Waals surface area contributed by atoms with E-state index in [1.807, 2.05) is 29.0 Å². The molecule has 0 fully saturated rings. The zero-order chi connectivity index (χ0) is 20.1. The maximum Gasteiger partial charge on any atom is 0.222 e. The van der Waals surface area contributed by atoms with Gasteiger partial charge in [-0.3, -0.25) is 0 Å². The molecule has 0 aliphatic heterocycles. The summed E-state index contributed by atoms with van der Waals surface area (Å²) in [6, 6.07) is 5.97. The molecule has 0 aliphatic carbocycles. The highest BCUT2D eigenvalue weighted by Gasteiger charge is 2.17. The Kier molecular flexibility index (Phi) is 8.68. The van der Waals surface area contributed by atoms with Gasteiger partial charge in [0.2, 0.25) is 5.95 Å². The Morgan fingerprint density at radius 3 is 2.72 bits per heavy atom. The number of hydrogen-bond donors (Lipinski definition) is 2. The van der Waals surface area contributed by atoms with Gasteiger partial charge in [-0.2, -0.15) is 4.98 Å². The molecule has 2 aromatic heterocycles. The molecule has 0 unspecified atom stereocenters. The average molecular weight is 459 g/mol. The Morgan fingerprint density at radius 2 is 2.03 bits per heavy atom. The minimum Gasteiger partial charge on any atom is -0.496 e. The molecule has 9 heteroatoms. The Morgan fingerprint density at radius 1 is 1.24 bits per heavy atom. The van der Waals surface area contributed by atoms with Crippen LogP contribution in [0.4, 0.5) is 11.8 Å². The molecule has 0 saturated heterocycles. The number of aromatic nitrogens is 3. The van der Waals surface area contributed by atoms with E-state index >= 15 is 0 Å². The highest BCUT2D eigenvalue weighted by Crippen LogP contribution is 2.32. The van der Waals surface area contributed by atoms with Gasteiger partial charge in [0.25, 0.3) is 0 Å². The van der Waals surface area contributed by atoms with E-state index in [0.29, 0.717) is 28.8 Å². The lowest BCUT2D eigenvalue weighted by Crippen LogP contribution is -2.09. The van der Waals surface area contributed by atoms with Gasteiger partial charge in [-0.25, -0.2) is 4.98 Å². The zero-order valence-corrected chi connectivity index (χ0v) is 18.9. The molecule has 0 saturated carbocycles. The number of nitrogens with two attached hydrogens (primary N) is 1. The van der Waals surface area contributed by atoms with Crippen molar-refractivity contribution in [2.45, 2.75) is 38.6 Å². The highest BCUT2D eigenvalue weighted by atomic mass is 35.5. The molecule has 158 valence electrons. The Balaban J connectivity index is 0.00000300. The van der Waals surface area contributed by atoms with Crippen LogP contribution in [-0.2, 0) is 12.4 Å². The predicted octanol–water partition coefficient (Wildman–Crippen LogP) is 5.49. The van der Waals surface area contributed by atoms with Gasteiger partial charge in [0.05, 0.1) is 18.7 Å². The molecule has 0 bridgehead atoms. The lowest BCUT2D eigenvalue weighted by atomic mass is 10.1. The summed E-state index contributed by atoms with van der Waals surface area (Å²) in [7, 11) is 1.65. The van der Waals surface area contributed by atoms with Crippen LogP contribution >= 0.6 is 35.6 Å². The van der Waals surface area contributed by atoms with Crippen LogP contribution in [-0.4, -0.2) is 28.2 Å². The first-order chi connectivity index (χ1) is 13.6. The van der Waals surface area contributed by atoms with Crippen LogP contribution in [0.5, 0.6) is 5.75 Å². The minimum absolute atomic E-state index is 0. The summed E-state index contributed by atoms with van der Waals surface area (Å²) in [5.41, 5.74) is 9.39. The summed E-state index contributed by atoms with van der Waals surface area (Å²) < 4.78 is 7.57. The number of anilines is 2. The lowest BCUT2D eigenvalue weighted by molar-refractivity contribution is 0.408. The third-order valence-electron chi connectivity index (χ3n) is 4.60. The number of alkyl halides is 1. The number of nitrogens with zero attached hydrogens (tertiary/aromatic N) is 3. The number of methoxy groups -OCH3 is 1. The van der Waals surface area contributed by atoms with Crippen LogP contribution in [0.15, 0.2) is 24.4 Å². The normalized spacial score (nSPS) is 10.8. The first-order valence-electron chi connectivity index (χ1n) is 9.34. The summed E-state index contributed by atoms with van der Waals surface area (Å²) in [4.78, 5) is 8.75. The van der Waals surface area contributed by atoms with Crippen LogP contribution < -0.4 is 15.8 Å². The van der Waals surface area contributed by atoms with Crippen molar-refractivity contribution in [2.75, 3.05) is 24.7 Å². The van der Waals surface area contributed by atoms with E-state index in [-0.39, 0.29) is 18.4 Å². The quantitative estimate of drug-likeness (QED) is 0.327. The van der Waals surface area contributed by atoms with Gasteiger partial charge in [-0.15, -0.1) is 24.0 Å². The summed E-state index contributed by atoms with van der Waals surface area (Å²) >= 11 is 12.4. The summed E-state index contributed by atoms with van der Waals surface area (Å²) in [5, 5.41) is 3.93. The number of nitrogen functional groups attached to an aromatic ring is 1. The van der Waals surface area contributed by atoms with Gasteiger partial charge < -0.3 is 20.4 Å². The molecule has 29 heavy (non-hydrogen) atoms. The molecule has 6 nitrogen and oxygen atoms in total. The minimum atomic E-state index is 0. The van der Waals surface area contributed by atoms with Crippen LogP contribution in [0.2, 0.25) is 5.02 Å². The summed E-state index contributed by atoms with van der Waals surface area (Å²) in [6.45, 7) is 3.55. The van der Waals surface area contributed by atoms with Crippen molar-refractivity contribution in [3.05, 3.63) is 40.5 Å². The van der Waals surface area contributed by atoms with E-state index in [2.05, 4.69) is 22.2 Å². The van der Waals surface area contributed by atoms with Gasteiger partial charge in [-0.1, -0.05) is 43.5 Å². The van der Waals surface area contributed by atoms with Gasteiger partial charge in [0, 0.05) is 24.2 Å². The molecular weight excluding hydrogens is 433 g/mol. The molecule has 0 amide bonds. The van der Waals surface area contributed by atoms with Crippen molar-refractivity contribution in [3.8, 4) is 5.75 Å². The fraction of sp³-hybridized carbons (Fsp3) is 0.400. The molecule has 0 atom stereocenters. The third kappa shape index (κ3) is 5.38. The van der Waals surface area contributed by atoms with E-state index in [9.17, 15) is 0 Å². The number of nitrogens with one attached hydrogen (secondary N) is 1. The Labute approximate surface area is 187 Å². The molecular formula is C20H26Cl3N5O. The average Bonchev–Trinajstić information content (AvgIpc) is 3.00. The second kappa shape index (κ2) is 10.8. The van der Waals surface area contributed by atoms with Crippen molar-refractivity contribution in [3.63, 3.8) is 0 Å². The standard InChI is InChI=1S/C20H25Cl2N5O.ClH/c1-3-4-5-8-24-19-18-17(25-20(23)26-19)15(22)12-27(18)11-14-7-6-13(10-21)9-16(14)28-2;/h6-7,9,12H,3-5,8,10-11H2,1-2H3,(H3,23,24,25,26);1H. The van der Waals surface area contributed by atoms with Gasteiger partial charge in [0.1, 0.15) is 16.8 Å². The lowest BCUT2D eigenvalue weighted by Gasteiger charge is -2.14. The molecule has 3 rings (SSSR count). The Bertz CT molecular complexity index is 961. The van der Waals surface area contributed by atoms with E-state index in [4.69, 9.17) is 33.7 Å². The fourth-order valence-corrected chi connectivity index (χ4v) is 3.61. The van der Waals surface area contributed by atoms with Crippen molar-refractivity contribution < 1.29 is 4.74 Å². The zero-order valence-electron chi connectivity index (χ0n) is 16.5. The highest BCUT2D eigenvalue weighted by molar-refractivity contribution is 6.35. The van der Waals surface area contributed by atoms with Crippen LogP contribution in [0.3, 0.4) is 0 Å². The summed E-state index contributed by atoms with van der Waals surface area (Å²) in [5.74, 6) is 2.12. The van der Waals surface area contributed by atoms with Gasteiger partial charge in [-0.05, 0) is 18.1 Å². The van der Waals surface area contributed by atoms with Crippen LogP contribution in [0.1, 0.15) is 37.3 Å². The van der Waals surface area contributed by atoms with E-state index in [0.717, 1.165) is 48.2 Å². The monoisotopic (exact) mass is 457 g/mol. The number of unbranched alkanes of at least 4 members (excludes halogenated alkanes) is 2. The maximum atomic E-state index is 6.45. The second-order valence-electron chi connectivity index (χ2n) is 6.65. The molecule has 0 aliphatic rings. The number of benzene rings is 1. The van der Waals surface area contributed by atoms with Crippen molar-refractivity contribution in [1.82, 2.24) is 14.5 Å². The second-order valence-corrected chi connectivity index (χ2v) is 7.32. The predicted molar refractivity (Wildman–Crippen MR) is 124 cm³/mol. The van der Waals surface area contributed by atoms with Crippen molar-refractivity contribution >= 4 is 58.4 Å². The number of fused-ring (bicyclic) bond motifs is 1. The van der Waals surface area contributed by atoms with Crippen molar-refractivity contribution in [2.24, 2.45) is 0 Å². The van der Waals surface area contributed by atoms with Crippen LogP contribution in [0, 0.1) is 0 Å². The number of halogens is 3. The molecule has 3 aromatic rings. The molecule has 1 aromatic carbocycles. The van der Waals surface area contributed by atoms with E-state index < -0.39 is 0 Å². The Hall–Kier alpha value is -1.89. The number of hydrogen-bond acceptors (Lipinski definition) is 5. The van der Waals surface area contributed by atoms with Crippen molar-refractivity contribution in [1.29, 1.82) is 0 Å². The smallest absolute Gasteiger partial charge is 0.222 e. The molecule has 0 radical (unpaired) electrons. The van der Waals surface area contributed by atoms with Gasteiger partial charge in [0.15, 0.2) is 5.82 Å². The topological polar surface area (TPSA) is 78.0 Å². The van der Waals surface area contributed by atoms with E-state index in [1.54, 1.807) is 7.11 Å². The SMILES string of the molecule is CCCCCNc1nc(N)nc2c(Cl)cn(Cc3ccc(CCl)cc3OC)c12.Cl. The van der Waals surface area contributed by atoms with Crippen LogP contribution in [0.25, 0.3) is 11.0 Å². The first kappa shape index (κ1) is 23.4. The molecule has 2 heterocycles.